The fourth-order valence-electron chi connectivity index (χ4n) is 4.51. The van der Waals surface area contributed by atoms with Crippen LogP contribution in [-0.2, 0) is 26.6 Å². The zero-order valence-electron chi connectivity index (χ0n) is 18.6. The Kier molecular flexibility index (Phi) is 5.43. The van der Waals surface area contributed by atoms with E-state index in [0.29, 0.717) is 29.2 Å². The number of nitrogens with one attached hydrogen (secondary N) is 1. The Labute approximate surface area is 191 Å². The molecule has 1 amide bonds. The van der Waals surface area contributed by atoms with E-state index in [-0.39, 0.29) is 11.5 Å². The van der Waals surface area contributed by atoms with E-state index in [2.05, 4.69) is 27.4 Å². The van der Waals surface area contributed by atoms with Crippen LogP contribution >= 0.6 is 0 Å². The molecule has 0 saturated carbocycles. The van der Waals surface area contributed by atoms with Gasteiger partial charge in [0.2, 0.25) is 0 Å². The van der Waals surface area contributed by atoms with Gasteiger partial charge in [-0.3, -0.25) is 14.5 Å². The van der Waals surface area contributed by atoms with E-state index in [1.54, 1.807) is 19.2 Å². The molecule has 33 heavy (non-hydrogen) atoms. The number of benzene rings is 2. The van der Waals surface area contributed by atoms with E-state index in [1.165, 1.54) is 16.3 Å². The first kappa shape index (κ1) is 21.0. The van der Waals surface area contributed by atoms with E-state index >= 15 is 0 Å². The monoisotopic (exact) mass is 443 g/mol. The van der Waals surface area contributed by atoms with Crippen molar-refractivity contribution < 1.29 is 9.53 Å². The van der Waals surface area contributed by atoms with Gasteiger partial charge in [0.05, 0.1) is 24.6 Å². The Balaban J connectivity index is 1.48. The van der Waals surface area contributed by atoms with Gasteiger partial charge in [0.1, 0.15) is 11.3 Å². The smallest absolute Gasteiger partial charge is 0.279 e. The molecule has 0 bridgehead atoms. The third kappa shape index (κ3) is 3.78. The molecule has 0 unspecified atom stereocenters. The molecule has 0 spiro atoms. The molecular formula is C25H25N5O3. The Morgan fingerprint density at radius 1 is 1.12 bits per heavy atom. The zero-order valence-corrected chi connectivity index (χ0v) is 18.6. The lowest BCUT2D eigenvalue weighted by Crippen LogP contribution is -2.38. The molecule has 2 aromatic carbocycles. The van der Waals surface area contributed by atoms with Crippen molar-refractivity contribution in [3.63, 3.8) is 0 Å². The number of para-hydroxylation sites is 2. The maximum Gasteiger partial charge on any atom is 0.279 e. The van der Waals surface area contributed by atoms with Gasteiger partial charge in [0.15, 0.2) is 5.65 Å². The summed E-state index contributed by atoms with van der Waals surface area (Å²) < 4.78 is 8.59. The second-order valence-corrected chi connectivity index (χ2v) is 8.18. The molecule has 1 aliphatic heterocycles. The maximum atomic E-state index is 13.3. The number of aryl methyl sites for hydroxylation is 1. The van der Waals surface area contributed by atoms with E-state index in [0.717, 1.165) is 30.8 Å². The highest BCUT2D eigenvalue weighted by Crippen LogP contribution is 2.25. The second-order valence-electron chi connectivity index (χ2n) is 8.18. The van der Waals surface area contributed by atoms with Crippen LogP contribution in [0.3, 0.4) is 0 Å². The number of fused-ring (bicyclic) bond motifs is 2. The minimum absolute atomic E-state index is 0.174. The number of amides is 1. The lowest BCUT2D eigenvalue weighted by Gasteiger charge is -2.29. The van der Waals surface area contributed by atoms with Crippen LogP contribution in [0.1, 0.15) is 27.2 Å². The molecule has 8 nitrogen and oxygen atoms in total. The minimum atomic E-state index is -0.342. The van der Waals surface area contributed by atoms with Crippen molar-refractivity contribution in [2.45, 2.75) is 19.5 Å². The number of hydrogen-bond acceptors (Lipinski definition) is 5. The van der Waals surface area contributed by atoms with Gasteiger partial charge in [0.25, 0.3) is 11.5 Å². The van der Waals surface area contributed by atoms with Crippen LogP contribution in [0.2, 0.25) is 0 Å². The maximum absolute atomic E-state index is 13.3. The molecular weight excluding hydrogens is 418 g/mol. The fourth-order valence-corrected chi connectivity index (χ4v) is 4.51. The molecule has 1 aliphatic rings. The first-order chi connectivity index (χ1) is 16.1. The number of carbonyl (C=O) groups is 1. The third-order valence-corrected chi connectivity index (χ3v) is 6.16. The van der Waals surface area contributed by atoms with Crippen LogP contribution < -0.4 is 15.6 Å². The van der Waals surface area contributed by atoms with Crippen LogP contribution in [-0.4, -0.2) is 38.6 Å². The molecule has 0 aliphatic carbocycles. The van der Waals surface area contributed by atoms with Gasteiger partial charge >= 0.3 is 0 Å². The van der Waals surface area contributed by atoms with Crippen molar-refractivity contribution in [1.82, 2.24) is 19.1 Å². The van der Waals surface area contributed by atoms with Crippen molar-refractivity contribution >= 4 is 17.2 Å². The highest BCUT2D eigenvalue weighted by molar-refractivity contribution is 6.08. The molecule has 0 fully saturated rings. The molecule has 1 N–H and O–H groups in total. The highest BCUT2D eigenvalue weighted by Gasteiger charge is 2.26. The molecule has 168 valence electrons. The SMILES string of the molecule is COc1ccccc1NC(=O)c1cnn2c(=O)c3c(n(C)c12)CCN(Cc1ccccc1)C3. The van der Waals surface area contributed by atoms with Gasteiger partial charge in [-0.15, -0.1) is 0 Å². The van der Waals surface area contributed by atoms with Crippen molar-refractivity contribution in [1.29, 1.82) is 0 Å². The number of ether oxygens (including phenoxy) is 1. The standard InChI is InChI=1S/C25H25N5O3/c1-28-21-12-13-29(15-17-8-4-3-5-9-17)16-19(21)25(32)30-24(28)18(14-26-30)23(31)27-20-10-6-7-11-22(20)33-2/h3-11,14H,12-13,15-16H2,1-2H3,(H,27,31). The van der Waals surface area contributed by atoms with Crippen LogP contribution in [0.5, 0.6) is 5.75 Å². The summed E-state index contributed by atoms with van der Waals surface area (Å²) in [7, 11) is 3.44. The average Bonchev–Trinajstić information content (AvgIpc) is 3.29. The molecule has 2 aromatic heterocycles. The van der Waals surface area contributed by atoms with E-state index in [1.807, 2.05) is 41.9 Å². The van der Waals surface area contributed by atoms with Crippen molar-refractivity contribution in [2.75, 3.05) is 19.0 Å². The van der Waals surface area contributed by atoms with Crippen molar-refractivity contribution in [3.8, 4) is 5.75 Å². The predicted molar refractivity (Wildman–Crippen MR) is 126 cm³/mol. The minimum Gasteiger partial charge on any atom is -0.495 e. The first-order valence-electron chi connectivity index (χ1n) is 10.9. The third-order valence-electron chi connectivity index (χ3n) is 6.16. The molecule has 0 atom stereocenters. The summed E-state index contributed by atoms with van der Waals surface area (Å²) in [5, 5.41) is 7.15. The number of carbonyl (C=O) groups excluding carboxylic acids is 1. The van der Waals surface area contributed by atoms with E-state index in [9.17, 15) is 9.59 Å². The summed E-state index contributed by atoms with van der Waals surface area (Å²) in [6.07, 6.45) is 2.18. The van der Waals surface area contributed by atoms with Gasteiger partial charge in [-0.25, -0.2) is 0 Å². The van der Waals surface area contributed by atoms with E-state index < -0.39 is 0 Å². The summed E-state index contributed by atoms with van der Waals surface area (Å²) in [5.74, 6) is 0.220. The molecule has 4 aromatic rings. The second kappa shape index (κ2) is 8.55. The van der Waals surface area contributed by atoms with Gasteiger partial charge in [-0.2, -0.15) is 9.61 Å². The largest absolute Gasteiger partial charge is 0.495 e. The summed E-state index contributed by atoms with van der Waals surface area (Å²) in [6, 6.07) is 17.4. The number of aromatic nitrogens is 3. The highest BCUT2D eigenvalue weighted by atomic mass is 16.5. The molecule has 0 saturated heterocycles. The molecule has 8 heteroatoms. The van der Waals surface area contributed by atoms with Gasteiger partial charge < -0.3 is 14.6 Å². The quantitative estimate of drug-likeness (QED) is 0.513. The van der Waals surface area contributed by atoms with Crippen molar-refractivity contribution in [3.05, 3.63) is 93.5 Å². The molecule has 3 heterocycles. The summed E-state index contributed by atoms with van der Waals surface area (Å²) in [6.45, 7) is 2.17. The summed E-state index contributed by atoms with van der Waals surface area (Å²) in [5.41, 5.74) is 4.11. The normalized spacial score (nSPS) is 13.6. The topological polar surface area (TPSA) is 80.9 Å². The van der Waals surface area contributed by atoms with Crippen LogP contribution in [0.25, 0.3) is 5.65 Å². The Hall–Kier alpha value is -3.91. The fraction of sp³-hybridized carbons (Fsp3) is 0.240. The number of hydrogen-bond donors (Lipinski definition) is 1. The first-order valence-corrected chi connectivity index (χ1v) is 10.9. The summed E-state index contributed by atoms with van der Waals surface area (Å²) >= 11 is 0. The molecule has 0 radical (unpaired) electrons. The zero-order chi connectivity index (χ0) is 22.9. The Bertz CT molecular complexity index is 1390. The Morgan fingerprint density at radius 3 is 2.67 bits per heavy atom. The molecule has 5 rings (SSSR count). The van der Waals surface area contributed by atoms with Gasteiger partial charge in [-0.05, 0) is 17.7 Å². The van der Waals surface area contributed by atoms with Crippen LogP contribution in [0.15, 0.2) is 65.6 Å². The van der Waals surface area contributed by atoms with Crippen molar-refractivity contribution in [2.24, 2.45) is 7.05 Å². The van der Waals surface area contributed by atoms with Gasteiger partial charge in [0, 0.05) is 38.8 Å². The number of anilines is 1. The van der Waals surface area contributed by atoms with Gasteiger partial charge in [-0.1, -0.05) is 42.5 Å². The average molecular weight is 444 g/mol. The predicted octanol–water partition coefficient (Wildman–Crippen LogP) is 2.85. The number of methoxy groups -OCH3 is 1. The van der Waals surface area contributed by atoms with Crippen LogP contribution in [0, 0.1) is 0 Å². The summed E-state index contributed by atoms with van der Waals surface area (Å²) in [4.78, 5) is 28.7. The lowest BCUT2D eigenvalue weighted by atomic mass is 10.1. The number of nitrogens with zero attached hydrogens (tertiary/aromatic N) is 4. The van der Waals surface area contributed by atoms with Crippen LogP contribution in [0.4, 0.5) is 5.69 Å². The van der Waals surface area contributed by atoms with E-state index in [4.69, 9.17) is 4.74 Å². The Morgan fingerprint density at radius 2 is 1.88 bits per heavy atom. The lowest BCUT2D eigenvalue weighted by molar-refractivity contribution is 0.102. The number of rotatable bonds is 5.